The van der Waals surface area contributed by atoms with Gasteiger partial charge in [-0.05, 0) is 11.1 Å². The van der Waals surface area contributed by atoms with Gasteiger partial charge in [0, 0.05) is 19.5 Å². The van der Waals surface area contributed by atoms with Crippen LogP contribution in [0.1, 0.15) is 11.1 Å². The molecule has 0 radical (unpaired) electrons. The Labute approximate surface area is 105 Å². The first-order valence-electron chi connectivity index (χ1n) is 6.47. The van der Waals surface area contributed by atoms with Crippen molar-refractivity contribution in [2.45, 2.75) is 6.42 Å². The van der Waals surface area contributed by atoms with Gasteiger partial charge in [0.2, 0.25) is 0 Å². The molecule has 2 rings (SSSR count). The summed E-state index contributed by atoms with van der Waals surface area (Å²) in [6.07, 6.45) is 3.07. The molecule has 1 aromatic carbocycles. The number of likely N-dealkylation sites (N-methyl/N-ethyl adjacent to an activating group) is 1. The van der Waals surface area contributed by atoms with E-state index >= 15 is 0 Å². The topological polar surface area (TPSA) is 12.0 Å². The van der Waals surface area contributed by atoms with E-state index in [0.29, 0.717) is 0 Å². The first-order valence-corrected chi connectivity index (χ1v) is 6.47. The van der Waals surface area contributed by atoms with Gasteiger partial charge in [-0.3, -0.25) is 0 Å². The van der Waals surface area contributed by atoms with E-state index in [1.54, 1.807) is 0 Å². The average Bonchev–Trinajstić information content (AvgIpc) is 2.38. The molecule has 1 aromatic rings. The predicted octanol–water partition coefficient (Wildman–Crippen LogP) is 1.92. The first kappa shape index (κ1) is 12.3. The SMILES string of the molecule is C=Cc1ccc(CC[N+]2(C)CCNCC2)cc1. The van der Waals surface area contributed by atoms with Crippen LogP contribution < -0.4 is 5.32 Å². The van der Waals surface area contributed by atoms with Crippen LogP contribution in [0.15, 0.2) is 30.8 Å². The molecule has 0 spiro atoms. The third-order valence-electron chi connectivity index (χ3n) is 3.81. The summed E-state index contributed by atoms with van der Waals surface area (Å²) in [6.45, 7) is 9.85. The summed E-state index contributed by atoms with van der Waals surface area (Å²) in [5, 5.41) is 3.43. The van der Waals surface area contributed by atoms with Gasteiger partial charge in [-0.1, -0.05) is 36.9 Å². The summed E-state index contributed by atoms with van der Waals surface area (Å²) in [7, 11) is 2.37. The maximum Gasteiger partial charge on any atom is 0.0911 e. The molecule has 1 aliphatic heterocycles. The van der Waals surface area contributed by atoms with Gasteiger partial charge in [-0.25, -0.2) is 0 Å². The van der Waals surface area contributed by atoms with Gasteiger partial charge in [0.15, 0.2) is 0 Å². The molecule has 2 heteroatoms. The van der Waals surface area contributed by atoms with E-state index in [-0.39, 0.29) is 0 Å². The normalized spacial score (nSPS) is 18.9. The van der Waals surface area contributed by atoms with Crippen LogP contribution in [0.2, 0.25) is 0 Å². The highest BCUT2D eigenvalue weighted by atomic mass is 15.4. The van der Waals surface area contributed by atoms with E-state index in [0.717, 1.165) is 13.1 Å². The van der Waals surface area contributed by atoms with E-state index in [9.17, 15) is 0 Å². The summed E-state index contributed by atoms with van der Waals surface area (Å²) in [5.41, 5.74) is 2.64. The second-order valence-electron chi connectivity index (χ2n) is 5.24. The van der Waals surface area contributed by atoms with Gasteiger partial charge in [0.25, 0.3) is 0 Å². The van der Waals surface area contributed by atoms with E-state index < -0.39 is 0 Å². The second-order valence-corrected chi connectivity index (χ2v) is 5.24. The van der Waals surface area contributed by atoms with Crippen LogP contribution in [0.4, 0.5) is 0 Å². The second kappa shape index (κ2) is 5.48. The molecule has 1 heterocycles. The van der Waals surface area contributed by atoms with Gasteiger partial charge in [0.05, 0.1) is 26.7 Å². The van der Waals surface area contributed by atoms with Crippen molar-refractivity contribution < 1.29 is 4.48 Å². The van der Waals surface area contributed by atoms with Crippen LogP contribution in [0.25, 0.3) is 6.08 Å². The number of piperazine rings is 1. The molecule has 2 nitrogen and oxygen atoms in total. The summed E-state index contributed by atoms with van der Waals surface area (Å²) in [5.74, 6) is 0. The molecule has 1 N–H and O–H groups in total. The van der Waals surface area contributed by atoms with Gasteiger partial charge >= 0.3 is 0 Å². The number of rotatable bonds is 4. The lowest BCUT2D eigenvalue weighted by molar-refractivity contribution is -0.910. The summed E-state index contributed by atoms with van der Waals surface area (Å²) >= 11 is 0. The molecule has 17 heavy (non-hydrogen) atoms. The molecule has 0 bridgehead atoms. The van der Waals surface area contributed by atoms with E-state index in [2.05, 4.69) is 43.2 Å². The van der Waals surface area contributed by atoms with Gasteiger partial charge in [-0.2, -0.15) is 0 Å². The average molecular weight is 231 g/mol. The molecule has 0 aromatic heterocycles. The lowest BCUT2D eigenvalue weighted by Crippen LogP contribution is -2.56. The lowest BCUT2D eigenvalue weighted by Gasteiger charge is -2.38. The number of benzene rings is 1. The standard InChI is InChI=1S/C15H23N2/c1-3-14-4-6-15(7-5-14)8-11-17(2)12-9-16-10-13-17/h3-7,16H,1,8-13H2,2H3/q+1. The van der Waals surface area contributed by atoms with Gasteiger partial charge in [0.1, 0.15) is 0 Å². The highest BCUT2D eigenvalue weighted by molar-refractivity contribution is 5.47. The van der Waals surface area contributed by atoms with Gasteiger partial charge < -0.3 is 9.80 Å². The number of nitrogens with one attached hydrogen (secondary N) is 1. The molecule has 0 saturated carbocycles. The van der Waals surface area contributed by atoms with Crippen LogP contribution in [-0.2, 0) is 6.42 Å². The highest BCUT2D eigenvalue weighted by Crippen LogP contribution is 2.10. The van der Waals surface area contributed by atoms with Crippen LogP contribution in [-0.4, -0.2) is 44.3 Å². The monoisotopic (exact) mass is 231 g/mol. The fourth-order valence-electron chi connectivity index (χ4n) is 2.38. The molecule has 1 saturated heterocycles. The van der Waals surface area contributed by atoms with Crippen molar-refractivity contribution in [3.05, 3.63) is 42.0 Å². The first-order chi connectivity index (χ1) is 8.22. The Hall–Kier alpha value is -1.12. The van der Waals surface area contributed by atoms with Crippen molar-refractivity contribution in [3.8, 4) is 0 Å². The van der Waals surface area contributed by atoms with E-state index in [1.807, 2.05) is 6.08 Å². The van der Waals surface area contributed by atoms with Crippen molar-refractivity contribution in [1.29, 1.82) is 0 Å². The molecular weight excluding hydrogens is 208 g/mol. The molecular formula is C15H23N2+. The molecule has 1 aliphatic rings. The van der Waals surface area contributed by atoms with Gasteiger partial charge in [-0.15, -0.1) is 0 Å². The molecule has 0 aliphatic carbocycles. The maximum absolute atomic E-state index is 3.78. The summed E-state index contributed by atoms with van der Waals surface area (Å²) in [6, 6.07) is 8.76. The predicted molar refractivity (Wildman–Crippen MR) is 73.9 cm³/mol. The minimum Gasteiger partial charge on any atom is -0.324 e. The summed E-state index contributed by atoms with van der Waals surface area (Å²) < 4.78 is 1.20. The fourth-order valence-corrected chi connectivity index (χ4v) is 2.38. The molecule has 0 atom stereocenters. The van der Waals surface area contributed by atoms with Crippen LogP contribution >= 0.6 is 0 Å². The van der Waals surface area contributed by atoms with Crippen LogP contribution in [0, 0.1) is 0 Å². The van der Waals surface area contributed by atoms with Crippen molar-refractivity contribution in [3.63, 3.8) is 0 Å². The minimum absolute atomic E-state index is 1.16. The Balaban J connectivity index is 1.89. The molecule has 92 valence electrons. The summed E-state index contributed by atoms with van der Waals surface area (Å²) in [4.78, 5) is 0. The Morgan fingerprint density at radius 2 is 1.88 bits per heavy atom. The highest BCUT2D eigenvalue weighted by Gasteiger charge is 2.23. The van der Waals surface area contributed by atoms with E-state index in [4.69, 9.17) is 0 Å². The minimum atomic E-state index is 1.16. The zero-order valence-corrected chi connectivity index (χ0v) is 10.8. The number of quaternary nitrogens is 1. The zero-order chi connectivity index (χ0) is 12.1. The van der Waals surface area contributed by atoms with Crippen molar-refractivity contribution in [1.82, 2.24) is 5.32 Å². The number of hydrogen-bond donors (Lipinski definition) is 1. The smallest absolute Gasteiger partial charge is 0.0911 e. The molecule has 1 fully saturated rings. The fraction of sp³-hybridized carbons (Fsp3) is 0.467. The Morgan fingerprint density at radius 3 is 2.47 bits per heavy atom. The quantitative estimate of drug-likeness (QED) is 0.781. The lowest BCUT2D eigenvalue weighted by atomic mass is 10.1. The van der Waals surface area contributed by atoms with Crippen LogP contribution in [0.3, 0.4) is 0 Å². The maximum atomic E-state index is 3.78. The van der Waals surface area contributed by atoms with E-state index in [1.165, 1.54) is 41.7 Å². The Kier molecular flexibility index (Phi) is 3.97. The molecule has 0 amide bonds. The number of hydrogen-bond acceptors (Lipinski definition) is 1. The van der Waals surface area contributed by atoms with Crippen molar-refractivity contribution in [2.75, 3.05) is 39.8 Å². The van der Waals surface area contributed by atoms with Crippen molar-refractivity contribution in [2.24, 2.45) is 0 Å². The molecule has 0 unspecified atom stereocenters. The third-order valence-corrected chi connectivity index (χ3v) is 3.81. The Morgan fingerprint density at radius 1 is 1.24 bits per heavy atom. The van der Waals surface area contributed by atoms with Crippen molar-refractivity contribution >= 4 is 6.08 Å². The Bertz CT molecular complexity index is 361. The third kappa shape index (κ3) is 3.42. The largest absolute Gasteiger partial charge is 0.324 e. The van der Waals surface area contributed by atoms with Crippen LogP contribution in [0.5, 0.6) is 0 Å². The zero-order valence-electron chi connectivity index (χ0n) is 10.8. The number of nitrogens with zero attached hydrogens (tertiary/aromatic N) is 1.